The van der Waals surface area contributed by atoms with Crippen LogP contribution in [0.25, 0.3) is 0 Å². The van der Waals surface area contributed by atoms with Crippen molar-refractivity contribution in [3.63, 3.8) is 0 Å². The van der Waals surface area contributed by atoms with E-state index in [0.717, 1.165) is 19.5 Å². The second kappa shape index (κ2) is 4.68. The number of hydrogen-bond donors (Lipinski definition) is 1. The molecule has 1 aromatic heterocycles. The Kier molecular flexibility index (Phi) is 3.45. The normalized spacial score (nSPS) is 25.2. The third-order valence-corrected chi connectivity index (χ3v) is 4.64. The predicted molar refractivity (Wildman–Crippen MR) is 67.8 cm³/mol. The monoisotopic (exact) mass is 237 g/mol. The summed E-state index contributed by atoms with van der Waals surface area (Å²) in [5.74, 6) is 0.838. The van der Waals surface area contributed by atoms with Crippen molar-refractivity contribution in [1.29, 1.82) is 0 Å². The quantitative estimate of drug-likeness (QED) is 0.871. The van der Waals surface area contributed by atoms with Crippen LogP contribution in [0, 0.1) is 11.3 Å². The summed E-state index contributed by atoms with van der Waals surface area (Å²) in [7, 11) is 0. The van der Waals surface area contributed by atoms with Crippen LogP contribution in [0.5, 0.6) is 0 Å². The van der Waals surface area contributed by atoms with E-state index >= 15 is 0 Å². The Labute approximate surface area is 101 Å². The first-order valence-corrected chi connectivity index (χ1v) is 6.79. The van der Waals surface area contributed by atoms with Crippen molar-refractivity contribution < 1.29 is 4.79 Å². The third kappa shape index (κ3) is 2.06. The van der Waals surface area contributed by atoms with Crippen molar-refractivity contribution in [2.75, 3.05) is 13.1 Å². The van der Waals surface area contributed by atoms with Crippen molar-refractivity contribution in [1.82, 2.24) is 5.32 Å². The minimum absolute atomic E-state index is 0.121. The number of ketones is 1. The highest BCUT2D eigenvalue weighted by Gasteiger charge is 2.43. The number of hydrogen-bond acceptors (Lipinski definition) is 3. The minimum atomic E-state index is -0.121. The maximum Gasteiger partial charge on any atom is 0.145 e. The van der Waals surface area contributed by atoms with Crippen molar-refractivity contribution in [3.05, 3.63) is 22.4 Å². The minimum Gasteiger partial charge on any atom is -0.316 e. The zero-order chi connectivity index (χ0) is 11.6. The van der Waals surface area contributed by atoms with Gasteiger partial charge in [0.25, 0.3) is 0 Å². The molecular weight excluding hydrogens is 218 g/mol. The number of carbonyl (C=O) groups is 1. The lowest BCUT2D eigenvalue weighted by Gasteiger charge is -2.30. The van der Waals surface area contributed by atoms with Gasteiger partial charge in [0.15, 0.2) is 0 Å². The van der Waals surface area contributed by atoms with Gasteiger partial charge in [-0.05, 0) is 30.3 Å². The van der Waals surface area contributed by atoms with Crippen LogP contribution < -0.4 is 5.32 Å². The van der Waals surface area contributed by atoms with Crippen LogP contribution in [0.15, 0.2) is 17.5 Å². The summed E-state index contributed by atoms with van der Waals surface area (Å²) in [4.78, 5) is 13.6. The maximum atomic E-state index is 12.4. The lowest BCUT2D eigenvalue weighted by Crippen LogP contribution is -2.39. The molecule has 1 aliphatic rings. The molecule has 1 unspecified atom stereocenters. The average Bonchev–Trinajstić information content (AvgIpc) is 2.87. The molecule has 1 fully saturated rings. The zero-order valence-corrected chi connectivity index (χ0v) is 10.8. The molecule has 0 spiro atoms. The van der Waals surface area contributed by atoms with Crippen LogP contribution in [-0.4, -0.2) is 18.9 Å². The fourth-order valence-electron chi connectivity index (χ4n) is 2.51. The lowest BCUT2D eigenvalue weighted by atomic mass is 9.72. The van der Waals surface area contributed by atoms with E-state index in [-0.39, 0.29) is 5.41 Å². The summed E-state index contributed by atoms with van der Waals surface area (Å²) in [6.45, 7) is 6.17. The number of carbonyl (C=O) groups excluding carboxylic acids is 1. The second-order valence-electron chi connectivity index (χ2n) is 4.92. The number of nitrogens with one attached hydrogen (secondary N) is 1. The summed E-state index contributed by atoms with van der Waals surface area (Å²) in [6, 6.07) is 4.07. The van der Waals surface area contributed by atoms with E-state index in [2.05, 4.69) is 25.2 Å². The Balaban J connectivity index is 2.12. The van der Waals surface area contributed by atoms with Gasteiger partial charge in [-0.15, -0.1) is 11.3 Å². The molecular formula is C13H19NOS. The van der Waals surface area contributed by atoms with Crippen molar-refractivity contribution in [2.45, 2.75) is 26.7 Å². The molecule has 1 aliphatic heterocycles. The largest absolute Gasteiger partial charge is 0.316 e. The van der Waals surface area contributed by atoms with E-state index in [9.17, 15) is 4.79 Å². The highest BCUT2D eigenvalue weighted by atomic mass is 32.1. The molecule has 2 nitrogen and oxygen atoms in total. The molecule has 1 atom stereocenters. The number of Topliss-reactive ketones (excluding diaryl/α,β-unsaturated/α-hetero) is 1. The first kappa shape index (κ1) is 11.8. The first-order chi connectivity index (χ1) is 7.65. The van der Waals surface area contributed by atoms with E-state index in [0.29, 0.717) is 18.1 Å². The van der Waals surface area contributed by atoms with Crippen molar-refractivity contribution in [2.24, 2.45) is 11.3 Å². The molecule has 3 heteroatoms. The van der Waals surface area contributed by atoms with Gasteiger partial charge in [0.2, 0.25) is 0 Å². The molecule has 0 aliphatic carbocycles. The van der Waals surface area contributed by atoms with Gasteiger partial charge in [-0.2, -0.15) is 0 Å². The Bertz CT molecular complexity index is 350. The SMILES string of the molecule is CC(C)C1(C(=O)Cc2cccs2)CCNC1. The topological polar surface area (TPSA) is 29.1 Å². The highest BCUT2D eigenvalue weighted by Crippen LogP contribution is 2.36. The summed E-state index contributed by atoms with van der Waals surface area (Å²) >= 11 is 1.68. The standard InChI is InChI=1S/C13H19NOS/c1-10(2)13(5-6-14-9-13)12(15)8-11-4-3-7-16-11/h3-4,7,10,14H,5-6,8-9H2,1-2H3. The van der Waals surface area contributed by atoms with Gasteiger partial charge < -0.3 is 5.32 Å². The van der Waals surface area contributed by atoms with Crippen molar-refractivity contribution in [3.8, 4) is 0 Å². The van der Waals surface area contributed by atoms with Crippen LogP contribution in [0.3, 0.4) is 0 Å². The van der Waals surface area contributed by atoms with Crippen LogP contribution in [0.4, 0.5) is 0 Å². The second-order valence-corrected chi connectivity index (χ2v) is 5.95. The Morgan fingerprint density at radius 1 is 1.62 bits per heavy atom. The lowest BCUT2D eigenvalue weighted by molar-refractivity contribution is -0.129. The van der Waals surface area contributed by atoms with Gasteiger partial charge in [-0.25, -0.2) is 0 Å². The Morgan fingerprint density at radius 3 is 2.94 bits per heavy atom. The van der Waals surface area contributed by atoms with Gasteiger partial charge in [0.1, 0.15) is 5.78 Å². The van der Waals surface area contributed by atoms with Crippen LogP contribution in [0.1, 0.15) is 25.1 Å². The number of thiophene rings is 1. The molecule has 0 radical (unpaired) electrons. The fourth-order valence-corrected chi connectivity index (χ4v) is 3.21. The molecule has 2 rings (SSSR count). The maximum absolute atomic E-state index is 12.4. The zero-order valence-electron chi connectivity index (χ0n) is 9.95. The van der Waals surface area contributed by atoms with Crippen LogP contribution in [-0.2, 0) is 11.2 Å². The van der Waals surface area contributed by atoms with Gasteiger partial charge in [-0.3, -0.25) is 4.79 Å². The van der Waals surface area contributed by atoms with E-state index < -0.39 is 0 Å². The predicted octanol–water partition coefficient (Wildman–Crippen LogP) is 2.50. The van der Waals surface area contributed by atoms with Gasteiger partial charge in [0.05, 0.1) is 0 Å². The molecule has 0 saturated carbocycles. The summed E-state index contributed by atoms with van der Waals surface area (Å²) in [5, 5.41) is 5.38. The van der Waals surface area contributed by atoms with E-state index in [1.165, 1.54) is 4.88 Å². The van der Waals surface area contributed by atoms with Crippen LogP contribution in [0.2, 0.25) is 0 Å². The summed E-state index contributed by atoms with van der Waals surface area (Å²) < 4.78 is 0. The van der Waals surface area contributed by atoms with Gasteiger partial charge >= 0.3 is 0 Å². The fraction of sp³-hybridized carbons (Fsp3) is 0.615. The molecule has 0 bridgehead atoms. The molecule has 88 valence electrons. The summed E-state index contributed by atoms with van der Waals surface area (Å²) in [5.41, 5.74) is -0.121. The van der Waals surface area contributed by atoms with Gasteiger partial charge in [-0.1, -0.05) is 19.9 Å². The molecule has 0 aromatic carbocycles. The van der Waals surface area contributed by atoms with Crippen molar-refractivity contribution >= 4 is 17.1 Å². The first-order valence-electron chi connectivity index (χ1n) is 5.91. The Morgan fingerprint density at radius 2 is 2.44 bits per heavy atom. The summed E-state index contributed by atoms with van der Waals surface area (Å²) in [6.07, 6.45) is 1.60. The molecule has 16 heavy (non-hydrogen) atoms. The molecule has 2 heterocycles. The molecule has 1 saturated heterocycles. The van der Waals surface area contributed by atoms with E-state index in [1.807, 2.05) is 11.4 Å². The van der Waals surface area contributed by atoms with Crippen LogP contribution >= 0.6 is 11.3 Å². The average molecular weight is 237 g/mol. The van der Waals surface area contributed by atoms with E-state index in [4.69, 9.17) is 0 Å². The Hall–Kier alpha value is -0.670. The smallest absolute Gasteiger partial charge is 0.145 e. The molecule has 0 amide bonds. The highest BCUT2D eigenvalue weighted by molar-refractivity contribution is 7.10. The number of rotatable bonds is 4. The third-order valence-electron chi connectivity index (χ3n) is 3.76. The van der Waals surface area contributed by atoms with E-state index in [1.54, 1.807) is 11.3 Å². The van der Waals surface area contributed by atoms with Gasteiger partial charge in [0, 0.05) is 23.3 Å². The molecule has 1 aromatic rings. The molecule has 1 N–H and O–H groups in total.